The number of anilines is 1. The van der Waals surface area contributed by atoms with Gasteiger partial charge in [-0.3, -0.25) is 0 Å². The van der Waals surface area contributed by atoms with Crippen molar-refractivity contribution in [2.45, 2.75) is 13.5 Å². The van der Waals surface area contributed by atoms with Gasteiger partial charge < -0.3 is 5.32 Å². The van der Waals surface area contributed by atoms with E-state index < -0.39 is 0 Å². The highest BCUT2D eigenvalue weighted by molar-refractivity contribution is 6.30. The van der Waals surface area contributed by atoms with Crippen LogP contribution in [0.15, 0.2) is 42.5 Å². The Bertz CT molecular complexity index is 525. The van der Waals surface area contributed by atoms with E-state index in [2.05, 4.69) is 11.4 Å². The summed E-state index contributed by atoms with van der Waals surface area (Å²) in [6.45, 7) is 2.63. The molecule has 0 saturated carbocycles. The Hall–Kier alpha value is -1.54. The third-order valence-corrected chi connectivity index (χ3v) is 2.73. The van der Waals surface area contributed by atoms with Gasteiger partial charge in [0, 0.05) is 11.6 Å². The molecule has 0 aliphatic carbocycles. The van der Waals surface area contributed by atoms with Crippen molar-refractivity contribution in [3.63, 3.8) is 0 Å². The summed E-state index contributed by atoms with van der Waals surface area (Å²) in [5, 5.41) is 3.46. The lowest BCUT2D eigenvalue weighted by Crippen LogP contribution is -2.01. The van der Waals surface area contributed by atoms with Gasteiger partial charge in [-0.1, -0.05) is 41.4 Å². The summed E-state index contributed by atoms with van der Waals surface area (Å²) < 4.78 is 13.5. The molecule has 0 spiro atoms. The molecule has 0 heterocycles. The molecule has 1 N–H and O–H groups in total. The molecule has 2 rings (SSSR count). The Labute approximate surface area is 105 Å². The first kappa shape index (κ1) is 11.9. The molecule has 0 bridgehead atoms. The monoisotopic (exact) mass is 249 g/mol. The van der Waals surface area contributed by atoms with Crippen LogP contribution in [0.25, 0.3) is 0 Å². The summed E-state index contributed by atoms with van der Waals surface area (Å²) in [5.41, 5.74) is 2.79. The predicted molar refractivity (Wildman–Crippen MR) is 69.9 cm³/mol. The van der Waals surface area contributed by atoms with Crippen LogP contribution in [0.4, 0.5) is 10.1 Å². The van der Waals surface area contributed by atoms with Gasteiger partial charge in [0.25, 0.3) is 0 Å². The molecule has 1 nitrogen and oxygen atoms in total. The Kier molecular flexibility index (Phi) is 3.64. The van der Waals surface area contributed by atoms with Crippen LogP contribution in [0.2, 0.25) is 5.02 Å². The van der Waals surface area contributed by atoms with E-state index in [-0.39, 0.29) is 5.82 Å². The molecule has 0 amide bonds. The van der Waals surface area contributed by atoms with Crippen LogP contribution in [-0.2, 0) is 6.54 Å². The normalized spacial score (nSPS) is 10.3. The summed E-state index contributed by atoms with van der Waals surface area (Å²) in [4.78, 5) is 0. The highest BCUT2D eigenvalue weighted by Crippen LogP contribution is 2.19. The molecule has 0 aliphatic heterocycles. The van der Waals surface area contributed by atoms with Gasteiger partial charge in [-0.15, -0.1) is 0 Å². The molecule has 2 aromatic carbocycles. The van der Waals surface area contributed by atoms with Gasteiger partial charge in [-0.25, -0.2) is 4.39 Å². The predicted octanol–water partition coefficient (Wildman–Crippen LogP) is 4.40. The fourth-order valence-corrected chi connectivity index (χ4v) is 1.81. The summed E-state index contributed by atoms with van der Waals surface area (Å²) in [5.74, 6) is -0.329. The molecule has 0 aromatic heterocycles. The standard InChI is InChI=1S/C14H13ClFN/c1-10-3-2-4-11(7-10)9-17-14-6-5-12(15)8-13(14)16/h2-8,17H,9H2,1H3. The maximum atomic E-state index is 13.5. The number of hydrogen-bond acceptors (Lipinski definition) is 1. The lowest BCUT2D eigenvalue weighted by molar-refractivity contribution is 0.630. The first-order chi connectivity index (χ1) is 8.15. The summed E-state index contributed by atoms with van der Waals surface area (Å²) >= 11 is 5.69. The fourth-order valence-electron chi connectivity index (χ4n) is 1.65. The van der Waals surface area contributed by atoms with Crippen molar-refractivity contribution in [2.75, 3.05) is 5.32 Å². The van der Waals surface area contributed by atoms with E-state index in [1.807, 2.05) is 25.1 Å². The van der Waals surface area contributed by atoms with Crippen molar-refractivity contribution in [1.29, 1.82) is 0 Å². The SMILES string of the molecule is Cc1cccc(CNc2ccc(Cl)cc2F)c1. The van der Waals surface area contributed by atoms with Crippen molar-refractivity contribution in [1.82, 2.24) is 0 Å². The zero-order valence-electron chi connectivity index (χ0n) is 9.50. The quantitative estimate of drug-likeness (QED) is 0.850. The minimum atomic E-state index is -0.329. The van der Waals surface area contributed by atoms with Crippen molar-refractivity contribution in [3.05, 3.63) is 64.4 Å². The van der Waals surface area contributed by atoms with Gasteiger partial charge in [-0.05, 0) is 30.7 Å². The Morgan fingerprint density at radius 2 is 2.00 bits per heavy atom. The van der Waals surface area contributed by atoms with Crippen LogP contribution in [0.5, 0.6) is 0 Å². The molecule has 0 saturated heterocycles. The Morgan fingerprint density at radius 1 is 1.18 bits per heavy atom. The van der Waals surface area contributed by atoms with E-state index in [1.54, 1.807) is 12.1 Å². The van der Waals surface area contributed by atoms with Crippen molar-refractivity contribution >= 4 is 17.3 Å². The van der Waals surface area contributed by atoms with Crippen LogP contribution in [0.1, 0.15) is 11.1 Å². The van der Waals surface area contributed by atoms with E-state index in [4.69, 9.17) is 11.6 Å². The lowest BCUT2D eigenvalue weighted by atomic mass is 10.1. The largest absolute Gasteiger partial charge is 0.379 e. The summed E-state index contributed by atoms with van der Waals surface area (Å²) in [6.07, 6.45) is 0. The van der Waals surface area contributed by atoms with Gasteiger partial charge in [0.15, 0.2) is 0 Å². The molecule has 0 atom stereocenters. The first-order valence-corrected chi connectivity index (χ1v) is 5.77. The van der Waals surface area contributed by atoms with Crippen LogP contribution in [0, 0.1) is 12.7 Å². The molecule has 3 heteroatoms. The number of rotatable bonds is 3. The van der Waals surface area contributed by atoms with Crippen LogP contribution in [0.3, 0.4) is 0 Å². The van der Waals surface area contributed by atoms with Gasteiger partial charge in [-0.2, -0.15) is 0 Å². The first-order valence-electron chi connectivity index (χ1n) is 5.39. The minimum absolute atomic E-state index is 0.329. The van der Waals surface area contributed by atoms with Crippen molar-refractivity contribution in [3.8, 4) is 0 Å². The highest BCUT2D eigenvalue weighted by atomic mass is 35.5. The second kappa shape index (κ2) is 5.19. The van der Waals surface area contributed by atoms with E-state index in [0.717, 1.165) is 5.56 Å². The molecule has 88 valence electrons. The molecule has 0 radical (unpaired) electrons. The highest BCUT2D eigenvalue weighted by Gasteiger charge is 2.02. The second-order valence-electron chi connectivity index (χ2n) is 3.97. The number of aryl methyl sites for hydroxylation is 1. The average molecular weight is 250 g/mol. The van der Waals surface area contributed by atoms with Crippen LogP contribution >= 0.6 is 11.6 Å². The zero-order valence-corrected chi connectivity index (χ0v) is 10.3. The lowest BCUT2D eigenvalue weighted by Gasteiger charge is -2.08. The third-order valence-electron chi connectivity index (χ3n) is 2.50. The second-order valence-corrected chi connectivity index (χ2v) is 4.40. The number of hydrogen-bond donors (Lipinski definition) is 1. The smallest absolute Gasteiger partial charge is 0.147 e. The van der Waals surface area contributed by atoms with Gasteiger partial charge in [0.1, 0.15) is 5.82 Å². The topological polar surface area (TPSA) is 12.0 Å². The van der Waals surface area contributed by atoms with Gasteiger partial charge in [0.2, 0.25) is 0 Å². The van der Waals surface area contributed by atoms with Gasteiger partial charge in [0.05, 0.1) is 5.69 Å². The Balaban J connectivity index is 2.07. The van der Waals surface area contributed by atoms with E-state index in [9.17, 15) is 4.39 Å². The number of benzene rings is 2. The molecular formula is C14H13ClFN. The van der Waals surface area contributed by atoms with E-state index in [1.165, 1.54) is 11.6 Å². The third kappa shape index (κ3) is 3.21. The molecular weight excluding hydrogens is 237 g/mol. The Morgan fingerprint density at radius 3 is 2.71 bits per heavy atom. The summed E-state index contributed by atoms with van der Waals surface area (Å²) in [7, 11) is 0. The fraction of sp³-hybridized carbons (Fsp3) is 0.143. The molecule has 0 fully saturated rings. The van der Waals surface area contributed by atoms with Crippen molar-refractivity contribution < 1.29 is 4.39 Å². The maximum absolute atomic E-state index is 13.5. The molecule has 17 heavy (non-hydrogen) atoms. The maximum Gasteiger partial charge on any atom is 0.147 e. The molecule has 0 aliphatic rings. The molecule has 0 unspecified atom stereocenters. The van der Waals surface area contributed by atoms with E-state index >= 15 is 0 Å². The van der Waals surface area contributed by atoms with Crippen LogP contribution < -0.4 is 5.32 Å². The van der Waals surface area contributed by atoms with E-state index in [0.29, 0.717) is 17.3 Å². The molecule has 2 aromatic rings. The zero-order chi connectivity index (χ0) is 12.3. The minimum Gasteiger partial charge on any atom is -0.379 e. The average Bonchev–Trinajstić information content (AvgIpc) is 2.28. The van der Waals surface area contributed by atoms with Crippen molar-refractivity contribution in [2.24, 2.45) is 0 Å². The number of nitrogens with one attached hydrogen (secondary N) is 1. The summed E-state index contributed by atoms with van der Waals surface area (Å²) in [6, 6.07) is 12.7. The van der Waals surface area contributed by atoms with Crippen LogP contribution in [-0.4, -0.2) is 0 Å². The number of halogens is 2. The van der Waals surface area contributed by atoms with Gasteiger partial charge >= 0.3 is 0 Å².